The van der Waals surface area contributed by atoms with Gasteiger partial charge in [0.25, 0.3) is 5.91 Å². The minimum Gasteiger partial charge on any atom is -0.380 e. The van der Waals surface area contributed by atoms with E-state index in [1.165, 1.54) is 18.2 Å². The van der Waals surface area contributed by atoms with E-state index in [4.69, 9.17) is 4.74 Å². The van der Waals surface area contributed by atoms with Gasteiger partial charge < -0.3 is 10.1 Å². The van der Waals surface area contributed by atoms with Gasteiger partial charge in [-0.05, 0) is 18.6 Å². The Hall–Kier alpha value is -1.49. The van der Waals surface area contributed by atoms with Crippen LogP contribution in [-0.4, -0.2) is 30.6 Å². The summed E-state index contributed by atoms with van der Waals surface area (Å²) in [6.07, 6.45) is 2.10. The number of nitrogens with zero attached hydrogens (tertiary/aromatic N) is 1. The molecular formula is C12H17FN2O2. The minimum atomic E-state index is -0.656. The van der Waals surface area contributed by atoms with Gasteiger partial charge in [0.05, 0.1) is 6.61 Å². The van der Waals surface area contributed by atoms with Gasteiger partial charge in [-0.3, -0.25) is 4.79 Å². The van der Waals surface area contributed by atoms with Crippen LogP contribution in [0, 0.1) is 5.95 Å². The van der Waals surface area contributed by atoms with Crippen molar-refractivity contribution in [2.24, 2.45) is 0 Å². The zero-order valence-electron chi connectivity index (χ0n) is 9.91. The van der Waals surface area contributed by atoms with Crippen molar-refractivity contribution >= 4 is 5.91 Å². The molecule has 1 amide bonds. The van der Waals surface area contributed by atoms with Gasteiger partial charge in [-0.1, -0.05) is 19.4 Å². The molecule has 0 aliphatic carbocycles. The molecule has 4 nitrogen and oxygen atoms in total. The van der Waals surface area contributed by atoms with Gasteiger partial charge in [0.15, 0.2) is 0 Å². The van der Waals surface area contributed by atoms with E-state index in [0.717, 1.165) is 12.8 Å². The lowest BCUT2D eigenvalue weighted by atomic mass is 10.3. The van der Waals surface area contributed by atoms with Crippen LogP contribution in [-0.2, 0) is 4.74 Å². The van der Waals surface area contributed by atoms with Crippen LogP contribution in [0.5, 0.6) is 0 Å². The number of unbranched alkanes of at least 4 members (excludes halogenated alkanes) is 1. The lowest BCUT2D eigenvalue weighted by molar-refractivity contribution is 0.0907. The van der Waals surface area contributed by atoms with E-state index >= 15 is 0 Å². The Morgan fingerprint density at radius 1 is 1.47 bits per heavy atom. The highest BCUT2D eigenvalue weighted by atomic mass is 19.1. The second-order valence-electron chi connectivity index (χ2n) is 3.57. The van der Waals surface area contributed by atoms with Gasteiger partial charge >= 0.3 is 0 Å². The molecule has 0 aliphatic heterocycles. The number of ether oxygens (including phenoxy) is 1. The summed E-state index contributed by atoms with van der Waals surface area (Å²) in [6, 6.07) is 4.12. The number of nitrogens with one attached hydrogen (secondary N) is 1. The molecule has 0 spiro atoms. The van der Waals surface area contributed by atoms with Crippen molar-refractivity contribution in [2.75, 3.05) is 19.8 Å². The minimum absolute atomic E-state index is 0.0820. The summed E-state index contributed by atoms with van der Waals surface area (Å²) in [4.78, 5) is 15.0. The van der Waals surface area contributed by atoms with E-state index in [0.29, 0.717) is 19.8 Å². The van der Waals surface area contributed by atoms with Crippen molar-refractivity contribution in [3.63, 3.8) is 0 Å². The van der Waals surface area contributed by atoms with Gasteiger partial charge in [-0.15, -0.1) is 0 Å². The number of aromatic nitrogens is 1. The van der Waals surface area contributed by atoms with Crippen LogP contribution in [0.15, 0.2) is 18.2 Å². The van der Waals surface area contributed by atoms with Crippen molar-refractivity contribution in [1.82, 2.24) is 10.3 Å². The van der Waals surface area contributed by atoms with Gasteiger partial charge in [-0.25, -0.2) is 4.98 Å². The zero-order chi connectivity index (χ0) is 12.5. The summed E-state index contributed by atoms with van der Waals surface area (Å²) in [5, 5.41) is 2.61. The van der Waals surface area contributed by atoms with Crippen molar-refractivity contribution in [1.29, 1.82) is 0 Å². The van der Waals surface area contributed by atoms with Crippen LogP contribution in [0.2, 0.25) is 0 Å². The van der Waals surface area contributed by atoms with E-state index in [9.17, 15) is 9.18 Å². The first kappa shape index (κ1) is 13.6. The van der Waals surface area contributed by atoms with Crippen LogP contribution in [0.1, 0.15) is 30.3 Å². The molecule has 1 heterocycles. The second kappa shape index (κ2) is 7.73. The number of amides is 1. The molecule has 1 rings (SSSR count). The number of pyridine rings is 1. The van der Waals surface area contributed by atoms with Crippen molar-refractivity contribution in [2.45, 2.75) is 19.8 Å². The molecule has 0 unspecified atom stereocenters. The van der Waals surface area contributed by atoms with Crippen LogP contribution in [0.3, 0.4) is 0 Å². The molecule has 0 bridgehead atoms. The van der Waals surface area contributed by atoms with Crippen molar-refractivity contribution in [3.05, 3.63) is 29.8 Å². The molecule has 0 fully saturated rings. The summed E-state index contributed by atoms with van der Waals surface area (Å²) in [6.45, 7) is 3.65. The number of halogens is 1. The molecular weight excluding hydrogens is 223 g/mol. The maximum atomic E-state index is 12.7. The van der Waals surface area contributed by atoms with E-state index in [1.807, 2.05) is 0 Å². The summed E-state index contributed by atoms with van der Waals surface area (Å²) in [5.41, 5.74) is 0.0820. The topological polar surface area (TPSA) is 51.2 Å². The SMILES string of the molecule is CCCCOCCNC(=O)c1cccc(F)n1. The van der Waals surface area contributed by atoms with Gasteiger partial charge in [0.1, 0.15) is 5.69 Å². The van der Waals surface area contributed by atoms with Crippen LogP contribution < -0.4 is 5.32 Å². The molecule has 0 saturated heterocycles. The molecule has 94 valence electrons. The average Bonchev–Trinajstić information content (AvgIpc) is 2.33. The zero-order valence-corrected chi connectivity index (χ0v) is 9.91. The summed E-state index contributed by atoms with van der Waals surface area (Å²) >= 11 is 0. The van der Waals surface area contributed by atoms with Crippen LogP contribution in [0.4, 0.5) is 4.39 Å². The number of hydrogen-bond acceptors (Lipinski definition) is 3. The number of rotatable bonds is 7. The monoisotopic (exact) mass is 240 g/mol. The fourth-order valence-electron chi connectivity index (χ4n) is 1.21. The van der Waals surface area contributed by atoms with E-state index < -0.39 is 5.95 Å². The first-order valence-corrected chi connectivity index (χ1v) is 5.72. The molecule has 0 atom stereocenters. The van der Waals surface area contributed by atoms with Crippen molar-refractivity contribution < 1.29 is 13.9 Å². The fourth-order valence-corrected chi connectivity index (χ4v) is 1.21. The fraction of sp³-hybridized carbons (Fsp3) is 0.500. The molecule has 17 heavy (non-hydrogen) atoms. The predicted octanol–water partition coefficient (Wildman–Crippen LogP) is 1.77. The molecule has 1 N–H and O–H groups in total. The lowest BCUT2D eigenvalue weighted by Gasteiger charge is -2.05. The predicted molar refractivity (Wildman–Crippen MR) is 62.3 cm³/mol. The molecule has 0 saturated carbocycles. The quantitative estimate of drug-likeness (QED) is 0.583. The number of carbonyl (C=O) groups is 1. The largest absolute Gasteiger partial charge is 0.380 e. The molecule has 0 aliphatic rings. The van der Waals surface area contributed by atoms with E-state index in [2.05, 4.69) is 17.2 Å². The molecule has 1 aromatic heterocycles. The third kappa shape index (κ3) is 5.40. The number of carbonyl (C=O) groups excluding carboxylic acids is 1. The maximum Gasteiger partial charge on any atom is 0.270 e. The molecule has 1 aromatic rings. The lowest BCUT2D eigenvalue weighted by Crippen LogP contribution is -2.28. The van der Waals surface area contributed by atoms with E-state index in [1.54, 1.807) is 0 Å². The first-order chi connectivity index (χ1) is 8.24. The smallest absolute Gasteiger partial charge is 0.270 e. The highest BCUT2D eigenvalue weighted by Crippen LogP contribution is 1.97. The summed E-state index contributed by atoms with van der Waals surface area (Å²) in [7, 11) is 0. The first-order valence-electron chi connectivity index (χ1n) is 5.72. The summed E-state index contributed by atoms with van der Waals surface area (Å²) < 4.78 is 18.0. The Morgan fingerprint density at radius 3 is 3.00 bits per heavy atom. The van der Waals surface area contributed by atoms with Gasteiger partial charge in [-0.2, -0.15) is 4.39 Å². The standard InChI is InChI=1S/C12H17FN2O2/c1-2-3-8-17-9-7-14-12(16)10-5-4-6-11(13)15-10/h4-6H,2-3,7-9H2,1H3,(H,14,16). The maximum absolute atomic E-state index is 12.7. The Bertz CT molecular complexity index is 358. The number of hydrogen-bond donors (Lipinski definition) is 1. The summed E-state index contributed by atoms with van der Waals surface area (Å²) in [5.74, 6) is -1.04. The highest BCUT2D eigenvalue weighted by Gasteiger charge is 2.06. The Labute approximate surface area is 100 Å². The Kier molecular flexibility index (Phi) is 6.17. The van der Waals surface area contributed by atoms with Crippen LogP contribution in [0.25, 0.3) is 0 Å². The van der Waals surface area contributed by atoms with E-state index in [-0.39, 0.29) is 11.6 Å². The molecule has 0 aromatic carbocycles. The third-order valence-electron chi connectivity index (χ3n) is 2.12. The normalized spacial score (nSPS) is 10.2. The third-order valence-corrected chi connectivity index (χ3v) is 2.12. The Balaban J connectivity index is 2.21. The molecule has 0 radical (unpaired) electrons. The second-order valence-corrected chi connectivity index (χ2v) is 3.57. The highest BCUT2D eigenvalue weighted by molar-refractivity contribution is 5.92. The van der Waals surface area contributed by atoms with Crippen molar-refractivity contribution in [3.8, 4) is 0 Å². The Morgan fingerprint density at radius 2 is 2.29 bits per heavy atom. The molecule has 5 heteroatoms. The van der Waals surface area contributed by atoms with Gasteiger partial charge in [0.2, 0.25) is 5.95 Å². The van der Waals surface area contributed by atoms with Crippen LogP contribution >= 0.6 is 0 Å². The average molecular weight is 240 g/mol. The van der Waals surface area contributed by atoms with Gasteiger partial charge in [0, 0.05) is 13.2 Å².